The zero-order chi connectivity index (χ0) is 19.2. The van der Waals surface area contributed by atoms with E-state index >= 15 is 0 Å². The van der Waals surface area contributed by atoms with Gasteiger partial charge in [-0.1, -0.05) is 11.6 Å². The molecule has 1 saturated heterocycles. The lowest BCUT2D eigenvalue weighted by molar-refractivity contribution is -0.137. The predicted molar refractivity (Wildman–Crippen MR) is 98.7 cm³/mol. The Morgan fingerprint density at radius 1 is 1.22 bits per heavy atom. The molecule has 0 N–H and O–H groups in total. The topological polar surface area (TPSA) is 36.4 Å². The van der Waals surface area contributed by atoms with Gasteiger partial charge in [0.15, 0.2) is 0 Å². The summed E-state index contributed by atoms with van der Waals surface area (Å²) in [5, 5.41) is 1.93. The van der Waals surface area contributed by atoms with E-state index in [2.05, 4.69) is 4.98 Å². The van der Waals surface area contributed by atoms with Crippen LogP contribution in [0.3, 0.4) is 0 Å². The van der Waals surface area contributed by atoms with Crippen LogP contribution in [0.4, 0.5) is 19.0 Å². The van der Waals surface area contributed by atoms with Crippen molar-refractivity contribution in [1.29, 1.82) is 0 Å². The third-order valence-electron chi connectivity index (χ3n) is 4.92. The van der Waals surface area contributed by atoms with Gasteiger partial charge in [0.05, 0.1) is 15.5 Å². The van der Waals surface area contributed by atoms with Crippen LogP contribution in [0.15, 0.2) is 23.7 Å². The standard InChI is InChI=1S/C18H17ClF3N3OS/c19-14-9-12(18(20,21)22)10-23-16(14)24-4-6-25(7-5-24)17(26)15-13(3-8-27-15)11-1-2-11/h3,8-11H,1-2,4-7H2. The van der Waals surface area contributed by atoms with Gasteiger partial charge in [0.25, 0.3) is 5.91 Å². The molecule has 0 aromatic carbocycles. The number of hydrogen-bond donors (Lipinski definition) is 0. The Hall–Kier alpha value is -1.80. The maximum Gasteiger partial charge on any atom is 0.417 e. The molecule has 2 aromatic rings. The molecule has 144 valence electrons. The van der Waals surface area contributed by atoms with Gasteiger partial charge in [-0.3, -0.25) is 4.79 Å². The first-order chi connectivity index (χ1) is 12.8. The number of halogens is 4. The third-order valence-corrected chi connectivity index (χ3v) is 6.12. The second kappa shape index (κ2) is 6.98. The van der Waals surface area contributed by atoms with Gasteiger partial charge in [-0.15, -0.1) is 11.3 Å². The number of carbonyl (C=O) groups is 1. The summed E-state index contributed by atoms with van der Waals surface area (Å²) in [6, 6.07) is 2.94. The fourth-order valence-corrected chi connectivity index (χ4v) is 4.53. The molecular weight excluding hydrogens is 399 g/mol. The average molecular weight is 416 g/mol. The monoisotopic (exact) mass is 415 g/mol. The van der Waals surface area contributed by atoms with E-state index in [1.807, 2.05) is 16.3 Å². The fraction of sp³-hybridized carbons (Fsp3) is 0.444. The molecule has 0 radical (unpaired) electrons. The summed E-state index contributed by atoms with van der Waals surface area (Å²) in [5.74, 6) is 0.885. The zero-order valence-electron chi connectivity index (χ0n) is 14.3. The van der Waals surface area contributed by atoms with Crippen LogP contribution < -0.4 is 4.90 Å². The maximum atomic E-state index is 12.8. The minimum atomic E-state index is -4.47. The van der Waals surface area contributed by atoms with Gasteiger partial charge in [0.2, 0.25) is 0 Å². The maximum absolute atomic E-state index is 12.8. The Kier molecular flexibility index (Phi) is 4.80. The molecular formula is C18H17ClF3N3OS. The number of amides is 1. The molecule has 1 saturated carbocycles. The van der Waals surface area contributed by atoms with Crippen LogP contribution in [0, 0.1) is 0 Å². The van der Waals surface area contributed by atoms with E-state index in [4.69, 9.17) is 11.6 Å². The van der Waals surface area contributed by atoms with Gasteiger partial charge < -0.3 is 9.80 Å². The number of piperazine rings is 1. The summed E-state index contributed by atoms with van der Waals surface area (Å²) in [4.78, 5) is 21.2. The van der Waals surface area contributed by atoms with Crippen molar-refractivity contribution < 1.29 is 18.0 Å². The number of thiophene rings is 1. The second-order valence-electron chi connectivity index (χ2n) is 6.79. The van der Waals surface area contributed by atoms with Gasteiger partial charge in [-0.25, -0.2) is 4.98 Å². The van der Waals surface area contributed by atoms with Gasteiger partial charge in [-0.05, 0) is 41.8 Å². The van der Waals surface area contributed by atoms with Crippen molar-refractivity contribution in [2.45, 2.75) is 24.9 Å². The zero-order valence-corrected chi connectivity index (χ0v) is 15.9. The van der Waals surface area contributed by atoms with Crippen molar-refractivity contribution in [3.63, 3.8) is 0 Å². The lowest BCUT2D eigenvalue weighted by Gasteiger charge is -2.35. The molecule has 1 aliphatic heterocycles. The Bertz CT molecular complexity index is 858. The van der Waals surface area contributed by atoms with Crippen LogP contribution in [0.5, 0.6) is 0 Å². The average Bonchev–Trinajstić information content (AvgIpc) is 3.37. The van der Waals surface area contributed by atoms with Crippen molar-refractivity contribution in [2.24, 2.45) is 0 Å². The molecule has 1 amide bonds. The van der Waals surface area contributed by atoms with E-state index in [1.165, 1.54) is 11.3 Å². The van der Waals surface area contributed by atoms with Crippen molar-refractivity contribution >= 4 is 34.7 Å². The number of hydrogen-bond acceptors (Lipinski definition) is 4. The van der Waals surface area contributed by atoms with Crippen LogP contribution >= 0.6 is 22.9 Å². The summed E-state index contributed by atoms with van der Waals surface area (Å²) in [6.07, 6.45) is -1.39. The number of carbonyl (C=O) groups excluding carboxylic acids is 1. The molecule has 0 spiro atoms. The lowest BCUT2D eigenvalue weighted by Crippen LogP contribution is -2.49. The number of nitrogens with zero attached hydrogens (tertiary/aromatic N) is 3. The highest BCUT2D eigenvalue weighted by Gasteiger charge is 2.34. The van der Waals surface area contributed by atoms with E-state index in [0.717, 1.165) is 35.5 Å². The Morgan fingerprint density at radius 2 is 1.93 bits per heavy atom. The van der Waals surface area contributed by atoms with Crippen LogP contribution in [-0.2, 0) is 6.18 Å². The molecule has 4 rings (SSSR count). The first-order valence-corrected chi connectivity index (χ1v) is 9.94. The third kappa shape index (κ3) is 3.78. The van der Waals surface area contributed by atoms with Gasteiger partial charge in [-0.2, -0.15) is 13.2 Å². The molecule has 4 nitrogen and oxygen atoms in total. The van der Waals surface area contributed by atoms with E-state index in [9.17, 15) is 18.0 Å². The van der Waals surface area contributed by atoms with Crippen molar-refractivity contribution in [3.05, 3.63) is 44.7 Å². The molecule has 0 unspecified atom stereocenters. The first kappa shape index (κ1) is 18.6. The largest absolute Gasteiger partial charge is 0.417 e. The normalized spacial score (nSPS) is 18.1. The highest BCUT2D eigenvalue weighted by molar-refractivity contribution is 7.12. The minimum Gasteiger partial charge on any atom is -0.352 e. The van der Waals surface area contributed by atoms with Gasteiger partial charge >= 0.3 is 6.18 Å². The highest BCUT2D eigenvalue weighted by Crippen LogP contribution is 2.43. The number of pyridine rings is 1. The first-order valence-electron chi connectivity index (χ1n) is 8.69. The predicted octanol–water partition coefficient (Wildman–Crippen LogP) is 4.66. The molecule has 2 aromatic heterocycles. The van der Waals surface area contributed by atoms with Crippen LogP contribution in [0.1, 0.15) is 39.6 Å². The molecule has 2 fully saturated rings. The van der Waals surface area contributed by atoms with Crippen molar-refractivity contribution in [2.75, 3.05) is 31.1 Å². The van der Waals surface area contributed by atoms with Gasteiger partial charge in [0.1, 0.15) is 5.82 Å². The number of alkyl halides is 3. The Labute approximate surface area is 163 Å². The number of rotatable bonds is 3. The van der Waals surface area contributed by atoms with Gasteiger partial charge in [0, 0.05) is 32.4 Å². The molecule has 2 aliphatic rings. The minimum absolute atomic E-state index is 0.0288. The van der Waals surface area contributed by atoms with E-state index in [1.54, 1.807) is 4.90 Å². The smallest absolute Gasteiger partial charge is 0.352 e. The Morgan fingerprint density at radius 3 is 2.52 bits per heavy atom. The SMILES string of the molecule is O=C(c1sccc1C1CC1)N1CCN(c2ncc(C(F)(F)F)cc2Cl)CC1. The molecule has 1 aliphatic carbocycles. The molecule has 0 bridgehead atoms. The fourth-order valence-electron chi connectivity index (χ4n) is 3.29. The van der Waals surface area contributed by atoms with Crippen LogP contribution in [0.2, 0.25) is 5.02 Å². The molecule has 3 heterocycles. The second-order valence-corrected chi connectivity index (χ2v) is 8.11. The van der Waals surface area contributed by atoms with Crippen molar-refractivity contribution in [1.82, 2.24) is 9.88 Å². The summed E-state index contributed by atoms with van der Waals surface area (Å²) in [6.45, 7) is 1.93. The van der Waals surface area contributed by atoms with E-state index in [-0.39, 0.29) is 10.9 Å². The highest BCUT2D eigenvalue weighted by atomic mass is 35.5. The van der Waals surface area contributed by atoms with Crippen LogP contribution in [-0.4, -0.2) is 42.0 Å². The summed E-state index contributed by atoms with van der Waals surface area (Å²) >= 11 is 7.51. The number of aromatic nitrogens is 1. The van der Waals surface area contributed by atoms with Crippen LogP contribution in [0.25, 0.3) is 0 Å². The molecule has 0 atom stereocenters. The Balaban J connectivity index is 1.43. The summed E-state index contributed by atoms with van der Waals surface area (Å²) in [5.41, 5.74) is 0.287. The summed E-state index contributed by atoms with van der Waals surface area (Å²) < 4.78 is 38.3. The molecule has 9 heteroatoms. The van der Waals surface area contributed by atoms with E-state index in [0.29, 0.717) is 37.9 Å². The van der Waals surface area contributed by atoms with Crippen molar-refractivity contribution in [3.8, 4) is 0 Å². The quantitative estimate of drug-likeness (QED) is 0.731. The lowest BCUT2D eigenvalue weighted by atomic mass is 10.1. The summed E-state index contributed by atoms with van der Waals surface area (Å²) in [7, 11) is 0. The van der Waals surface area contributed by atoms with E-state index < -0.39 is 11.7 Å². The number of anilines is 1. The molecule has 27 heavy (non-hydrogen) atoms.